The number of carbonyl (C=O) groups is 2. The van der Waals surface area contributed by atoms with Gasteiger partial charge in [0.15, 0.2) is 0 Å². The average molecular weight is 240 g/mol. The monoisotopic (exact) mass is 240 g/mol. The smallest absolute Gasteiger partial charge is 0.226 e. The maximum atomic E-state index is 12.3. The van der Waals surface area contributed by atoms with Crippen LogP contribution in [0.5, 0.6) is 0 Å². The molecule has 0 saturated carbocycles. The lowest BCUT2D eigenvalue weighted by atomic mass is 9.94. The van der Waals surface area contributed by atoms with E-state index in [0.717, 1.165) is 32.5 Å². The molecule has 0 aromatic carbocycles. The average Bonchev–Trinajstić information content (AvgIpc) is 2.29. The fourth-order valence-corrected chi connectivity index (χ4v) is 2.45. The van der Waals surface area contributed by atoms with Crippen molar-refractivity contribution in [1.82, 2.24) is 9.80 Å². The number of piperidine rings is 1. The van der Waals surface area contributed by atoms with Crippen LogP contribution in [0.4, 0.5) is 0 Å². The fraction of sp³-hybridized carbons (Fsp3) is 0.846. The second-order valence-corrected chi connectivity index (χ2v) is 5.00. The lowest BCUT2D eigenvalue weighted by molar-refractivity contribution is -0.141. The van der Waals surface area contributed by atoms with Gasteiger partial charge in [0.1, 0.15) is 0 Å². The maximum Gasteiger partial charge on any atom is 0.226 e. The number of likely N-dealkylation sites (tertiary alicyclic amines) is 1. The van der Waals surface area contributed by atoms with Gasteiger partial charge in [0.25, 0.3) is 0 Å². The van der Waals surface area contributed by atoms with E-state index in [4.69, 9.17) is 0 Å². The zero-order valence-corrected chi connectivity index (χ0v) is 11.4. The second-order valence-electron chi connectivity index (χ2n) is 5.00. The molecule has 1 aliphatic heterocycles. The highest BCUT2D eigenvalue weighted by Crippen LogP contribution is 2.20. The topological polar surface area (TPSA) is 40.6 Å². The molecule has 1 rings (SSSR count). The minimum absolute atomic E-state index is 0.105. The molecule has 0 aromatic rings. The summed E-state index contributed by atoms with van der Waals surface area (Å²) in [6, 6.07) is 0.262. The Kier molecular flexibility index (Phi) is 4.97. The Morgan fingerprint density at radius 2 is 1.82 bits per heavy atom. The summed E-state index contributed by atoms with van der Waals surface area (Å²) in [7, 11) is 0. The molecule has 0 atom stereocenters. The zero-order chi connectivity index (χ0) is 13.0. The number of amides is 2. The van der Waals surface area contributed by atoms with E-state index in [1.165, 1.54) is 0 Å². The molecule has 0 spiro atoms. The minimum atomic E-state index is 0.105. The van der Waals surface area contributed by atoms with Crippen molar-refractivity contribution >= 4 is 11.8 Å². The molecule has 4 heteroatoms. The highest BCUT2D eigenvalue weighted by atomic mass is 16.2. The predicted octanol–water partition coefficient (Wildman–Crippen LogP) is 1.50. The van der Waals surface area contributed by atoms with E-state index < -0.39 is 0 Å². The third-order valence-corrected chi connectivity index (χ3v) is 3.54. The van der Waals surface area contributed by atoms with E-state index in [9.17, 15) is 9.59 Å². The Bertz CT molecular complexity index is 281. The Labute approximate surface area is 104 Å². The van der Waals surface area contributed by atoms with E-state index >= 15 is 0 Å². The van der Waals surface area contributed by atoms with Crippen LogP contribution in [0.2, 0.25) is 0 Å². The van der Waals surface area contributed by atoms with Gasteiger partial charge >= 0.3 is 0 Å². The number of rotatable bonds is 3. The van der Waals surface area contributed by atoms with Crippen molar-refractivity contribution in [3.8, 4) is 0 Å². The molecule has 1 aliphatic rings. The molecule has 17 heavy (non-hydrogen) atoms. The van der Waals surface area contributed by atoms with Crippen LogP contribution in [0, 0.1) is 5.92 Å². The van der Waals surface area contributed by atoms with Gasteiger partial charge in [0.2, 0.25) is 11.8 Å². The summed E-state index contributed by atoms with van der Waals surface area (Å²) in [4.78, 5) is 27.2. The SMILES string of the molecule is CCN(C(=O)C1CCN(C(C)=O)CC1)C(C)C. The highest BCUT2D eigenvalue weighted by Gasteiger charge is 2.29. The Morgan fingerprint density at radius 1 is 1.29 bits per heavy atom. The molecule has 1 fully saturated rings. The van der Waals surface area contributed by atoms with Gasteiger partial charge in [-0.15, -0.1) is 0 Å². The number of carbonyl (C=O) groups excluding carboxylic acids is 2. The van der Waals surface area contributed by atoms with Crippen molar-refractivity contribution < 1.29 is 9.59 Å². The van der Waals surface area contributed by atoms with Crippen molar-refractivity contribution in [2.24, 2.45) is 5.92 Å². The molecular formula is C13H24N2O2. The standard InChI is InChI=1S/C13H24N2O2/c1-5-15(10(2)3)13(17)12-6-8-14(9-7-12)11(4)16/h10,12H,5-9H2,1-4H3. The molecule has 2 amide bonds. The Morgan fingerprint density at radius 3 is 2.18 bits per heavy atom. The van der Waals surface area contributed by atoms with Crippen LogP contribution in [0.3, 0.4) is 0 Å². The molecule has 4 nitrogen and oxygen atoms in total. The normalized spacial score (nSPS) is 17.4. The van der Waals surface area contributed by atoms with Crippen LogP contribution >= 0.6 is 0 Å². The molecule has 0 aliphatic carbocycles. The van der Waals surface area contributed by atoms with Crippen LogP contribution in [-0.2, 0) is 9.59 Å². The molecule has 0 bridgehead atoms. The molecule has 1 heterocycles. The first-order valence-electron chi connectivity index (χ1n) is 6.53. The summed E-state index contributed by atoms with van der Waals surface area (Å²) in [5.41, 5.74) is 0. The van der Waals surface area contributed by atoms with E-state index in [1.54, 1.807) is 6.92 Å². The summed E-state index contributed by atoms with van der Waals surface area (Å²) in [6.45, 7) is 9.92. The van der Waals surface area contributed by atoms with E-state index in [1.807, 2.05) is 30.6 Å². The number of hydrogen-bond donors (Lipinski definition) is 0. The largest absolute Gasteiger partial charge is 0.343 e. The van der Waals surface area contributed by atoms with Crippen LogP contribution in [-0.4, -0.2) is 47.3 Å². The molecule has 1 saturated heterocycles. The molecule has 0 aromatic heterocycles. The molecule has 0 unspecified atom stereocenters. The van der Waals surface area contributed by atoms with Crippen LogP contribution in [0.15, 0.2) is 0 Å². The lowest BCUT2D eigenvalue weighted by Gasteiger charge is -2.35. The van der Waals surface area contributed by atoms with Crippen LogP contribution in [0.1, 0.15) is 40.5 Å². The minimum Gasteiger partial charge on any atom is -0.343 e. The van der Waals surface area contributed by atoms with Gasteiger partial charge in [-0.1, -0.05) is 0 Å². The van der Waals surface area contributed by atoms with E-state index in [-0.39, 0.29) is 23.8 Å². The van der Waals surface area contributed by atoms with Crippen molar-refractivity contribution in [1.29, 1.82) is 0 Å². The van der Waals surface area contributed by atoms with E-state index in [0.29, 0.717) is 0 Å². The quantitative estimate of drug-likeness (QED) is 0.750. The summed E-state index contributed by atoms with van der Waals surface area (Å²) < 4.78 is 0. The van der Waals surface area contributed by atoms with Crippen LogP contribution in [0.25, 0.3) is 0 Å². The summed E-state index contributed by atoms with van der Waals surface area (Å²) in [5, 5.41) is 0. The van der Waals surface area contributed by atoms with Crippen molar-refractivity contribution in [2.45, 2.75) is 46.6 Å². The summed E-state index contributed by atoms with van der Waals surface area (Å²) in [5.74, 6) is 0.478. The van der Waals surface area contributed by atoms with Crippen molar-refractivity contribution in [3.05, 3.63) is 0 Å². The summed E-state index contributed by atoms with van der Waals surface area (Å²) >= 11 is 0. The highest BCUT2D eigenvalue weighted by molar-refractivity contribution is 5.80. The van der Waals surface area contributed by atoms with Crippen LogP contribution < -0.4 is 0 Å². The van der Waals surface area contributed by atoms with Crippen molar-refractivity contribution in [3.63, 3.8) is 0 Å². The molecule has 98 valence electrons. The van der Waals surface area contributed by atoms with Gasteiger partial charge in [0.05, 0.1) is 0 Å². The number of nitrogens with zero attached hydrogens (tertiary/aromatic N) is 2. The molecular weight excluding hydrogens is 216 g/mol. The summed E-state index contributed by atoms with van der Waals surface area (Å²) in [6.07, 6.45) is 1.61. The van der Waals surface area contributed by atoms with Gasteiger partial charge < -0.3 is 9.80 Å². The van der Waals surface area contributed by atoms with Gasteiger partial charge in [-0.05, 0) is 33.6 Å². The third-order valence-electron chi connectivity index (χ3n) is 3.54. The zero-order valence-electron chi connectivity index (χ0n) is 11.4. The van der Waals surface area contributed by atoms with Gasteiger partial charge in [-0.3, -0.25) is 9.59 Å². The van der Waals surface area contributed by atoms with Gasteiger partial charge in [0, 0.05) is 38.5 Å². The lowest BCUT2D eigenvalue weighted by Crippen LogP contribution is -2.45. The predicted molar refractivity (Wildman–Crippen MR) is 67.5 cm³/mol. The molecule has 0 N–H and O–H groups in total. The first-order chi connectivity index (χ1) is 7.97. The molecule has 0 radical (unpaired) electrons. The fourth-order valence-electron chi connectivity index (χ4n) is 2.45. The Balaban J connectivity index is 2.53. The third kappa shape index (κ3) is 3.45. The van der Waals surface area contributed by atoms with E-state index in [2.05, 4.69) is 0 Å². The van der Waals surface area contributed by atoms with Gasteiger partial charge in [-0.2, -0.15) is 0 Å². The first-order valence-corrected chi connectivity index (χ1v) is 6.53. The first kappa shape index (κ1) is 14.0. The number of hydrogen-bond acceptors (Lipinski definition) is 2. The van der Waals surface area contributed by atoms with Crippen molar-refractivity contribution in [2.75, 3.05) is 19.6 Å². The second kappa shape index (κ2) is 6.03. The maximum absolute atomic E-state index is 12.3. The van der Waals surface area contributed by atoms with Gasteiger partial charge in [-0.25, -0.2) is 0 Å². The Hall–Kier alpha value is -1.06.